The number of aryl methyl sites for hydroxylation is 1. The molecule has 1 heterocycles. The molecule has 1 N–H and O–H groups in total. The Balaban J connectivity index is 1.41. The first-order valence-electron chi connectivity index (χ1n) is 11.3. The van der Waals surface area contributed by atoms with E-state index in [1.54, 1.807) is 13.0 Å². The predicted molar refractivity (Wildman–Crippen MR) is 130 cm³/mol. The number of carboxylic acid groups (broad SMARTS) is 1. The molecular formula is C28H27NO5. The lowest BCUT2D eigenvalue weighted by Crippen LogP contribution is -2.25. The topological polar surface area (TPSA) is 81.8 Å². The molecule has 0 radical (unpaired) electrons. The maximum absolute atomic E-state index is 11.3. The van der Waals surface area contributed by atoms with Crippen molar-refractivity contribution in [3.05, 3.63) is 90.3 Å². The number of oxazole rings is 1. The van der Waals surface area contributed by atoms with Gasteiger partial charge in [0.25, 0.3) is 0 Å². The minimum atomic E-state index is -0.971. The third kappa shape index (κ3) is 5.64. The third-order valence-electron chi connectivity index (χ3n) is 5.45. The Labute approximate surface area is 198 Å². The Morgan fingerprint density at radius 3 is 2.26 bits per heavy atom. The fourth-order valence-electron chi connectivity index (χ4n) is 3.62. The molecule has 0 aliphatic rings. The number of aromatic nitrogens is 1. The van der Waals surface area contributed by atoms with Crippen molar-refractivity contribution >= 4 is 5.97 Å². The van der Waals surface area contributed by atoms with E-state index >= 15 is 0 Å². The number of benzene rings is 3. The first kappa shape index (κ1) is 23.1. The van der Waals surface area contributed by atoms with Gasteiger partial charge in [-0.15, -0.1) is 0 Å². The summed E-state index contributed by atoms with van der Waals surface area (Å²) in [5.74, 6) is 1.70. The van der Waals surface area contributed by atoms with Crippen LogP contribution < -0.4 is 9.47 Å². The molecule has 4 aromatic rings. The van der Waals surface area contributed by atoms with E-state index in [1.807, 2.05) is 79.7 Å². The SMILES string of the molecule is CCC(Oc1cccc(-c2cccc(OCCc3nc(-c4ccccc4)oc3C)c2)c1)C(=O)O. The number of carbonyl (C=O) groups is 1. The third-order valence-corrected chi connectivity index (χ3v) is 5.45. The standard InChI is InChI=1S/C28H27NO5/c1-3-26(28(30)31)34-24-14-8-12-22(18-24)21-11-7-13-23(17-21)32-16-15-25-19(2)33-27(29-25)20-9-5-4-6-10-20/h4-14,17-18,26H,3,15-16H2,1-2H3,(H,30,31). The highest BCUT2D eigenvalue weighted by Crippen LogP contribution is 2.28. The minimum absolute atomic E-state index is 0.390. The quantitative estimate of drug-likeness (QED) is 0.306. The number of nitrogens with zero attached hydrogens (tertiary/aromatic N) is 1. The zero-order valence-corrected chi connectivity index (χ0v) is 19.2. The Morgan fingerprint density at radius 2 is 1.59 bits per heavy atom. The van der Waals surface area contributed by atoms with Gasteiger partial charge in [-0.1, -0.05) is 49.4 Å². The molecule has 0 saturated heterocycles. The summed E-state index contributed by atoms with van der Waals surface area (Å²) < 4.78 is 17.5. The number of ether oxygens (including phenoxy) is 2. The summed E-state index contributed by atoms with van der Waals surface area (Å²) >= 11 is 0. The predicted octanol–water partition coefficient (Wildman–Crippen LogP) is 6.18. The second-order valence-electron chi connectivity index (χ2n) is 7.90. The first-order valence-corrected chi connectivity index (χ1v) is 11.3. The number of rotatable bonds is 10. The van der Waals surface area contributed by atoms with Crippen molar-refractivity contribution in [3.63, 3.8) is 0 Å². The van der Waals surface area contributed by atoms with Crippen LogP contribution in [0.4, 0.5) is 0 Å². The fraction of sp³-hybridized carbons (Fsp3) is 0.214. The van der Waals surface area contributed by atoms with E-state index in [1.165, 1.54) is 0 Å². The lowest BCUT2D eigenvalue weighted by atomic mass is 10.1. The van der Waals surface area contributed by atoms with Gasteiger partial charge in [0.2, 0.25) is 5.89 Å². The number of carboxylic acids is 1. The smallest absolute Gasteiger partial charge is 0.344 e. The van der Waals surface area contributed by atoms with Crippen molar-refractivity contribution in [2.24, 2.45) is 0 Å². The van der Waals surface area contributed by atoms with Crippen LogP contribution in [0.3, 0.4) is 0 Å². The van der Waals surface area contributed by atoms with E-state index in [0.29, 0.717) is 31.1 Å². The Kier molecular flexibility index (Phi) is 7.28. The number of hydrogen-bond acceptors (Lipinski definition) is 5. The van der Waals surface area contributed by atoms with Crippen molar-refractivity contribution in [2.75, 3.05) is 6.61 Å². The fourth-order valence-corrected chi connectivity index (χ4v) is 3.62. The van der Waals surface area contributed by atoms with E-state index in [9.17, 15) is 9.90 Å². The molecule has 0 aliphatic carbocycles. The van der Waals surface area contributed by atoms with Crippen molar-refractivity contribution in [3.8, 4) is 34.1 Å². The highest BCUT2D eigenvalue weighted by molar-refractivity contribution is 5.73. The summed E-state index contributed by atoms with van der Waals surface area (Å²) in [6.07, 6.45) is 0.150. The number of hydrogen-bond donors (Lipinski definition) is 1. The molecule has 1 aromatic heterocycles. The van der Waals surface area contributed by atoms with Crippen molar-refractivity contribution in [1.29, 1.82) is 0 Å². The van der Waals surface area contributed by atoms with Crippen LogP contribution in [0.2, 0.25) is 0 Å². The van der Waals surface area contributed by atoms with Crippen molar-refractivity contribution in [1.82, 2.24) is 4.98 Å². The highest BCUT2D eigenvalue weighted by Gasteiger charge is 2.17. The average molecular weight is 458 g/mol. The summed E-state index contributed by atoms with van der Waals surface area (Å²) in [6.45, 7) is 4.16. The van der Waals surface area contributed by atoms with Crippen LogP contribution in [0.5, 0.6) is 11.5 Å². The second kappa shape index (κ2) is 10.7. The van der Waals surface area contributed by atoms with E-state index in [2.05, 4.69) is 4.98 Å². The van der Waals surface area contributed by atoms with Crippen molar-refractivity contribution in [2.45, 2.75) is 32.8 Å². The van der Waals surface area contributed by atoms with Crippen LogP contribution in [0.15, 0.2) is 83.3 Å². The summed E-state index contributed by atoms with van der Waals surface area (Å²) in [4.78, 5) is 15.9. The molecule has 1 atom stereocenters. The molecule has 0 bridgehead atoms. The Hall–Kier alpha value is -4.06. The van der Waals surface area contributed by atoms with Gasteiger partial charge in [-0.3, -0.25) is 0 Å². The van der Waals surface area contributed by atoms with E-state index < -0.39 is 12.1 Å². The lowest BCUT2D eigenvalue weighted by Gasteiger charge is -2.14. The van der Waals surface area contributed by atoms with Crippen LogP contribution in [-0.2, 0) is 11.2 Å². The van der Waals surface area contributed by atoms with Crippen LogP contribution in [0, 0.1) is 6.92 Å². The van der Waals surface area contributed by atoms with Gasteiger partial charge >= 0.3 is 5.97 Å². The van der Waals surface area contributed by atoms with Crippen LogP contribution in [-0.4, -0.2) is 28.8 Å². The minimum Gasteiger partial charge on any atom is -0.493 e. The van der Waals surface area contributed by atoms with Gasteiger partial charge in [0.05, 0.1) is 12.3 Å². The first-order chi connectivity index (χ1) is 16.5. The zero-order valence-electron chi connectivity index (χ0n) is 19.2. The summed E-state index contributed by atoms with van der Waals surface area (Å²) in [5.41, 5.74) is 3.70. The highest BCUT2D eigenvalue weighted by atomic mass is 16.5. The molecule has 0 fully saturated rings. The number of aliphatic carboxylic acids is 1. The maximum atomic E-state index is 11.3. The lowest BCUT2D eigenvalue weighted by molar-refractivity contribution is -0.145. The van der Waals surface area contributed by atoms with E-state index in [-0.39, 0.29) is 0 Å². The van der Waals surface area contributed by atoms with Gasteiger partial charge < -0.3 is 19.0 Å². The Morgan fingerprint density at radius 1 is 0.941 bits per heavy atom. The molecule has 0 spiro atoms. The maximum Gasteiger partial charge on any atom is 0.344 e. The molecule has 34 heavy (non-hydrogen) atoms. The van der Waals surface area contributed by atoms with Gasteiger partial charge in [-0.2, -0.15) is 0 Å². The molecule has 0 aliphatic heterocycles. The molecule has 1 unspecified atom stereocenters. The van der Waals surface area contributed by atoms with E-state index in [0.717, 1.165) is 33.9 Å². The summed E-state index contributed by atoms with van der Waals surface area (Å²) in [5, 5.41) is 9.25. The molecule has 4 rings (SSSR count). The van der Waals surface area contributed by atoms with Gasteiger partial charge in [-0.25, -0.2) is 9.78 Å². The van der Waals surface area contributed by atoms with Crippen LogP contribution in [0.1, 0.15) is 24.8 Å². The molecule has 174 valence electrons. The largest absolute Gasteiger partial charge is 0.493 e. The molecular weight excluding hydrogens is 430 g/mol. The van der Waals surface area contributed by atoms with Crippen LogP contribution in [0.25, 0.3) is 22.6 Å². The summed E-state index contributed by atoms with van der Waals surface area (Å²) in [6, 6.07) is 25.0. The van der Waals surface area contributed by atoms with Crippen molar-refractivity contribution < 1.29 is 23.8 Å². The summed E-state index contributed by atoms with van der Waals surface area (Å²) in [7, 11) is 0. The Bertz CT molecular complexity index is 1250. The second-order valence-corrected chi connectivity index (χ2v) is 7.90. The molecule has 0 saturated carbocycles. The van der Waals surface area contributed by atoms with Gasteiger partial charge in [0.15, 0.2) is 6.10 Å². The van der Waals surface area contributed by atoms with E-state index in [4.69, 9.17) is 13.9 Å². The molecule has 6 heteroatoms. The molecule has 0 amide bonds. The monoisotopic (exact) mass is 457 g/mol. The van der Waals surface area contributed by atoms with Gasteiger partial charge in [-0.05, 0) is 60.9 Å². The van der Waals surface area contributed by atoms with Gasteiger partial charge in [0, 0.05) is 12.0 Å². The molecule has 6 nitrogen and oxygen atoms in total. The normalized spacial score (nSPS) is 11.7. The van der Waals surface area contributed by atoms with Gasteiger partial charge in [0.1, 0.15) is 17.3 Å². The zero-order chi connectivity index (χ0) is 23.9. The average Bonchev–Trinajstić information content (AvgIpc) is 3.23. The molecule has 3 aromatic carbocycles. The van der Waals surface area contributed by atoms with Crippen LogP contribution >= 0.6 is 0 Å².